The maximum absolute atomic E-state index is 4.52. The lowest BCUT2D eigenvalue weighted by atomic mass is 10.0. The van der Waals surface area contributed by atoms with Gasteiger partial charge in [-0.1, -0.05) is 43.8 Å². The van der Waals surface area contributed by atoms with Gasteiger partial charge >= 0.3 is 0 Å². The summed E-state index contributed by atoms with van der Waals surface area (Å²) in [7, 11) is 0. The molecule has 2 aromatic heterocycles. The van der Waals surface area contributed by atoms with Gasteiger partial charge in [0.1, 0.15) is 0 Å². The summed E-state index contributed by atoms with van der Waals surface area (Å²) in [5.74, 6) is 1.98. The Morgan fingerprint density at radius 2 is 2.04 bits per heavy atom. The van der Waals surface area contributed by atoms with Crippen LogP contribution in [0.25, 0.3) is 0 Å². The molecule has 0 bridgehead atoms. The van der Waals surface area contributed by atoms with E-state index in [1.54, 1.807) is 11.8 Å². The second-order valence-corrected chi connectivity index (χ2v) is 7.97. The second-order valence-electron chi connectivity index (χ2n) is 5.63. The van der Waals surface area contributed by atoms with Crippen molar-refractivity contribution in [3.05, 3.63) is 51.7 Å². The first-order valence-corrected chi connectivity index (χ1v) is 9.38. The molecule has 23 heavy (non-hydrogen) atoms. The molecular weight excluding hydrogens is 324 g/mol. The fraction of sp³-hybridized carbons (Fsp3) is 0.294. The Bertz CT molecular complexity index is 776. The topological polar surface area (TPSA) is 53.6 Å². The molecular formula is C17H20N4S2. The van der Waals surface area contributed by atoms with Crippen molar-refractivity contribution in [2.45, 2.75) is 37.6 Å². The highest BCUT2D eigenvalue weighted by Crippen LogP contribution is 2.28. The number of para-hydroxylation sites is 1. The van der Waals surface area contributed by atoms with Gasteiger partial charge in [-0.05, 0) is 36.6 Å². The first-order valence-electron chi connectivity index (χ1n) is 7.58. The quantitative estimate of drug-likeness (QED) is 0.593. The fourth-order valence-electron chi connectivity index (χ4n) is 2.30. The number of nitrogens with one attached hydrogen (secondary N) is 2. The van der Waals surface area contributed by atoms with Crippen molar-refractivity contribution in [2.75, 3.05) is 5.32 Å². The molecule has 0 saturated heterocycles. The molecule has 120 valence electrons. The van der Waals surface area contributed by atoms with Gasteiger partial charge in [-0.2, -0.15) is 4.98 Å². The largest absolute Gasteiger partial charge is 0.323 e. The zero-order chi connectivity index (χ0) is 16.2. The molecule has 0 aliphatic heterocycles. The molecule has 0 saturated carbocycles. The third-order valence-electron chi connectivity index (χ3n) is 3.44. The van der Waals surface area contributed by atoms with E-state index in [1.807, 2.05) is 17.4 Å². The predicted octanol–water partition coefficient (Wildman–Crippen LogP) is 5.33. The van der Waals surface area contributed by atoms with E-state index in [1.165, 1.54) is 15.3 Å². The molecule has 2 heterocycles. The van der Waals surface area contributed by atoms with Crippen molar-refractivity contribution in [2.24, 2.45) is 0 Å². The summed E-state index contributed by atoms with van der Waals surface area (Å²) >= 11 is 3.49. The number of aromatic amines is 1. The zero-order valence-electron chi connectivity index (χ0n) is 13.5. The Kier molecular flexibility index (Phi) is 5.03. The third-order valence-corrected chi connectivity index (χ3v) is 5.54. The van der Waals surface area contributed by atoms with Crippen LogP contribution in [0.1, 0.15) is 35.1 Å². The smallest absolute Gasteiger partial charge is 0.247 e. The highest BCUT2D eigenvalue weighted by molar-refractivity contribution is 7.98. The summed E-state index contributed by atoms with van der Waals surface area (Å²) in [6.45, 7) is 6.49. The predicted molar refractivity (Wildman–Crippen MR) is 98.8 cm³/mol. The van der Waals surface area contributed by atoms with E-state index in [0.29, 0.717) is 11.9 Å². The van der Waals surface area contributed by atoms with Crippen molar-refractivity contribution >= 4 is 34.7 Å². The van der Waals surface area contributed by atoms with Gasteiger partial charge in [0.25, 0.3) is 0 Å². The van der Waals surface area contributed by atoms with Crippen molar-refractivity contribution in [1.82, 2.24) is 15.2 Å². The lowest BCUT2D eigenvalue weighted by Gasteiger charge is -2.12. The fourth-order valence-corrected chi connectivity index (χ4v) is 4.04. The molecule has 6 heteroatoms. The highest BCUT2D eigenvalue weighted by atomic mass is 32.2. The van der Waals surface area contributed by atoms with Crippen LogP contribution in [0.5, 0.6) is 0 Å². The first-order chi connectivity index (χ1) is 11.1. The van der Waals surface area contributed by atoms with Crippen molar-refractivity contribution in [3.63, 3.8) is 0 Å². The van der Waals surface area contributed by atoms with E-state index in [0.717, 1.165) is 16.6 Å². The van der Waals surface area contributed by atoms with E-state index >= 15 is 0 Å². The molecule has 0 spiro atoms. The molecule has 0 atom stereocenters. The van der Waals surface area contributed by atoms with Crippen LogP contribution in [0.2, 0.25) is 0 Å². The monoisotopic (exact) mass is 344 g/mol. The van der Waals surface area contributed by atoms with Crippen LogP contribution < -0.4 is 5.32 Å². The number of hydrogen-bond acceptors (Lipinski definition) is 5. The normalized spacial score (nSPS) is 11.1. The number of nitrogens with zero attached hydrogens (tertiary/aromatic N) is 2. The summed E-state index contributed by atoms with van der Waals surface area (Å²) in [4.78, 5) is 7.21. The molecule has 0 aliphatic carbocycles. The molecule has 3 rings (SSSR count). The van der Waals surface area contributed by atoms with E-state index in [-0.39, 0.29) is 0 Å². The van der Waals surface area contributed by atoms with Crippen LogP contribution in [0.3, 0.4) is 0 Å². The molecule has 1 aromatic carbocycles. The standard InChI is InChI=1S/C17H20N4S2/c1-11(2)14-6-4-5-7-15(14)18-16-19-17(21-20-16)22-10-13-9-8-12(3)23-13/h4-9,11H,10H2,1-3H3,(H2,18,19,20,21). The Morgan fingerprint density at radius 1 is 1.22 bits per heavy atom. The number of H-pyrrole nitrogens is 1. The number of anilines is 2. The first kappa shape index (κ1) is 16.1. The van der Waals surface area contributed by atoms with E-state index in [4.69, 9.17) is 0 Å². The van der Waals surface area contributed by atoms with Gasteiger partial charge in [-0.3, -0.25) is 5.10 Å². The number of hydrogen-bond donors (Lipinski definition) is 2. The average molecular weight is 345 g/mol. The third kappa shape index (κ3) is 4.14. The number of benzene rings is 1. The lowest BCUT2D eigenvalue weighted by molar-refractivity contribution is 0.868. The minimum atomic E-state index is 0.452. The Labute approximate surface area is 144 Å². The average Bonchev–Trinajstić information content (AvgIpc) is 3.14. The molecule has 3 aromatic rings. The Balaban J connectivity index is 1.65. The van der Waals surface area contributed by atoms with Crippen molar-refractivity contribution < 1.29 is 0 Å². The molecule has 0 amide bonds. The summed E-state index contributed by atoms with van der Waals surface area (Å²) in [5, 5.41) is 11.4. The molecule has 0 fully saturated rings. The van der Waals surface area contributed by atoms with Crippen molar-refractivity contribution in [1.29, 1.82) is 0 Å². The highest BCUT2D eigenvalue weighted by Gasteiger charge is 2.09. The second kappa shape index (κ2) is 7.19. The molecule has 2 N–H and O–H groups in total. The van der Waals surface area contributed by atoms with E-state index in [2.05, 4.69) is 71.6 Å². The van der Waals surface area contributed by atoms with Gasteiger partial charge in [0.15, 0.2) is 5.16 Å². The minimum absolute atomic E-state index is 0.452. The van der Waals surface area contributed by atoms with Crippen LogP contribution >= 0.6 is 23.1 Å². The maximum Gasteiger partial charge on any atom is 0.247 e. The number of rotatable bonds is 6. The number of thioether (sulfide) groups is 1. The van der Waals surface area contributed by atoms with Gasteiger partial charge in [-0.25, -0.2) is 0 Å². The van der Waals surface area contributed by atoms with Crippen LogP contribution in [0, 0.1) is 6.92 Å². The molecule has 4 nitrogen and oxygen atoms in total. The molecule has 0 aliphatic rings. The summed E-state index contributed by atoms with van der Waals surface area (Å²) < 4.78 is 0. The van der Waals surface area contributed by atoms with Crippen LogP contribution in [-0.2, 0) is 5.75 Å². The SMILES string of the molecule is Cc1ccc(CSc2nc(Nc3ccccc3C(C)C)n[nH]2)s1. The van der Waals surface area contributed by atoms with Gasteiger partial charge in [0.2, 0.25) is 5.95 Å². The van der Waals surface area contributed by atoms with Gasteiger partial charge in [-0.15, -0.1) is 16.4 Å². The Hall–Kier alpha value is -1.79. The number of aryl methyl sites for hydroxylation is 1. The van der Waals surface area contributed by atoms with Crippen LogP contribution in [-0.4, -0.2) is 15.2 Å². The van der Waals surface area contributed by atoms with E-state index < -0.39 is 0 Å². The summed E-state index contributed by atoms with van der Waals surface area (Å²) in [6.07, 6.45) is 0. The number of aromatic nitrogens is 3. The molecule has 0 radical (unpaired) electrons. The minimum Gasteiger partial charge on any atom is -0.323 e. The maximum atomic E-state index is 4.52. The van der Waals surface area contributed by atoms with E-state index in [9.17, 15) is 0 Å². The Morgan fingerprint density at radius 3 is 2.78 bits per heavy atom. The van der Waals surface area contributed by atoms with Gasteiger partial charge < -0.3 is 5.32 Å². The van der Waals surface area contributed by atoms with Crippen LogP contribution in [0.4, 0.5) is 11.6 Å². The zero-order valence-corrected chi connectivity index (χ0v) is 15.1. The van der Waals surface area contributed by atoms with Gasteiger partial charge in [0.05, 0.1) is 0 Å². The lowest BCUT2D eigenvalue weighted by Crippen LogP contribution is -1.98. The summed E-state index contributed by atoms with van der Waals surface area (Å²) in [5.41, 5.74) is 2.33. The van der Waals surface area contributed by atoms with Crippen molar-refractivity contribution in [3.8, 4) is 0 Å². The van der Waals surface area contributed by atoms with Crippen LogP contribution in [0.15, 0.2) is 41.6 Å². The molecule has 0 unspecified atom stereocenters. The number of thiophene rings is 1. The summed E-state index contributed by atoms with van der Waals surface area (Å²) in [6, 6.07) is 12.6. The van der Waals surface area contributed by atoms with Gasteiger partial charge in [0, 0.05) is 21.2 Å².